The molecule has 0 unspecified atom stereocenters. The summed E-state index contributed by atoms with van der Waals surface area (Å²) in [5.74, 6) is 0. The molecule has 0 amide bonds. The van der Waals surface area contributed by atoms with Gasteiger partial charge in [-0.15, -0.1) is 0 Å². The van der Waals surface area contributed by atoms with Gasteiger partial charge in [-0.25, -0.2) is 0 Å². The monoisotopic (exact) mass is 181 g/mol. The SMILES string of the molecule is CCNCc1cnn(C(C)(C)C)c1. The molecule has 3 nitrogen and oxygen atoms in total. The highest BCUT2D eigenvalue weighted by molar-refractivity contribution is 5.04. The van der Waals surface area contributed by atoms with Gasteiger partial charge in [0.05, 0.1) is 11.7 Å². The lowest BCUT2D eigenvalue weighted by Gasteiger charge is -2.18. The summed E-state index contributed by atoms with van der Waals surface area (Å²) in [5.41, 5.74) is 1.33. The highest BCUT2D eigenvalue weighted by Gasteiger charge is 2.13. The third-order valence-electron chi connectivity index (χ3n) is 1.90. The van der Waals surface area contributed by atoms with Crippen molar-refractivity contribution in [2.75, 3.05) is 6.54 Å². The minimum absolute atomic E-state index is 0.0878. The van der Waals surface area contributed by atoms with Crippen LogP contribution in [0.15, 0.2) is 12.4 Å². The Morgan fingerprint density at radius 1 is 1.46 bits per heavy atom. The molecule has 0 saturated carbocycles. The van der Waals surface area contributed by atoms with Crippen LogP contribution in [0.4, 0.5) is 0 Å². The number of nitrogens with one attached hydrogen (secondary N) is 1. The second-order valence-corrected chi connectivity index (χ2v) is 4.24. The average molecular weight is 181 g/mol. The normalized spacial score (nSPS) is 12.0. The highest BCUT2D eigenvalue weighted by Crippen LogP contribution is 2.12. The Balaban J connectivity index is 2.64. The highest BCUT2D eigenvalue weighted by atomic mass is 15.3. The Bertz CT molecular complexity index is 257. The second-order valence-electron chi connectivity index (χ2n) is 4.24. The first-order valence-electron chi connectivity index (χ1n) is 4.79. The van der Waals surface area contributed by atoms with Crippen LogP contribution in [0.3, 0.4) is 0 Å². The van der Waals surface area contributed by atoms with Crippen molar-refractivity contribution in [2.45, 2.75) is 39.8 Å². The van der Waals surface area contributed by atoms with Gasteiger partial charge in [0.1, 0.15) is 0 Å². The Morgan fingerprint density at radius 3 is 2.62 bits per heavy atom. The van der Waals surface area contributed by atoms with E-state index in [1.807, 2.05) is 10.9 Å². The van der Waals surface area contributed by atoms with Crippen molar-refractivity contribution in [1.29, 1.82) is 0 Å². The van der Waals surface area contributed by atoms with Gasteiger partial charge in [0.25, 0.3) is 0 Å². The van der Waals surface area contributed by atoms with Crippen LogP contribution in [0.5, 0.6) is 0 Å². The van der Waals surface area contributed by atoms with E-state index in [0.29, 0.717) is 0 Å². The molecule has 13 heavy (non-hydrogen) atoms. The molecule has 1 aromatic heterocycles. The predicted octanol–water partition coefficient (Wildman–Crippen LogP) is 1.75. The number of aromatic nitrogens is 2. The van der Waals surface area contributed by atoms with E-state index in [1.54, 1.807) is 0 Å². The fourth-order valence-corrected chi connectivity index (χ4v) is 1.09. The van der Waals surface area contributed by atoms with Crippen molar-refractivity contribution in [3.05, 3.63) is 18.0 Å². The minimum Gasteiger partial charge on any atom is -0.313 e. The first-order chi connectivity index (χ1) is 6.04. The number of hydrogen-bond acceptors (Lipinski definition) is 2. The molecular formula is C10H19N3. The zero-order chi connectivity index (χ0) is 9.90. The molecule has 1 N–H and O–H groups in total. The van der Waals surface area contributed by atoms with E-state index in [9.17, 15) is 0 Å². The molecule has 0 atom stereocenters. The van der Waals surface area contributed by atoms with Crippen LogP contribution in [0.25, 0.3) is 0 Å². The minimum atomic E-state index is 0.0878. The van der Waals surface area contributed by atoms with Crippen LogP contribution in [0.1, 0.15) is 33.3 Å². The molecule has 0 bridgehead atoms. The van der Waals surface area contributed by atoms with Crippen LogP contribution in [0, 0.1) is 0 Å². The van der Waals surface area contributed by atoms with Gasteiger partial charge >= 0.3 is 0 Å². The summed E-state index contributed by atoms with van der Waals surface area (Å²) in [5, 5.41) is 7.59. The average Bonchev–Trinajstić information content (AvgIpc) is 2.47. The van der Waals surface area contributed by atoms with E-state index in [1.165, 1.54) is 5.56 Å². The van der Waals surface area contributed by atoms with Crippen molar-refractivity contribution >= 4 is 0 Å². The third kappa shape index (κ3) is 2.84. The molecule has 0 aliphatic carbocycles. The number of rotatable bonds is 3. The first kappa shape index (κ1) is 10.3. The molecule has 0 fully saturated rings. The summed E-state index contributed by atoms with van der Waals surface area (Å²) < 4.78 is 2.00. The van der Waals surface area contributed by atoms with Gasteiger partial charge in [0.15, 0.2) is 0 Å². The van der Waals surface area contributed by atoms with E-state index < -0.39 is 0 Å². The molecule has 74 valence electrons. The van der Waals surface area contributed by atoms with Crippen LogP contribution in [-0.4, -0.2) is 16.3 Å². The lowest BCUT2D eigenvalue weighted by molar-refractivity contribution is 0.355. The zero-order valence-corrected chi connectivity index (χ0v) is 8.96. The van der Waals surface area contributed by atoms with Crippen molar-refractivity contribution in [2.24, 2.45) is 0 Å². The van der Waals surface area contributed by atoms with Crippen molar-refractivity contribution in [3.8, 4) is 0 Å². The fraction of sp³-hybridized carbons (Fsp3) is 0.700. The van der Waals surface area contributed by atoms with Crippen LogP contribution >= 0.6 is 0 Å². The van der Waals surface area contributed by atoms with Crippen LogP contribution in [0.2, 0.25) is 0 Å². The van der Waals surface area contributed by atoms with Crippen LogP contribution in [-0.2, 0) is 12.1 Å². The quantitative estimate of drug-likeness (QED) is 0.770. The maximum atomic E-state index is 4.32. The standard InChI is InChI=1S/C10H19N3/c1-5-11-6-9-7-12-13(8-9)10(2,3)4/h7-8,11H,5-6H2,1-4H3. The van der Waals surface area contributed by atoms with E-state index in [2.05, 4.69) is 44.3 Å². The first-order valence-corrected chi connectivity index (χ1v) is 4.79. The van der Waals surface area contributed by atoms with Gasteiger partial charge in [0.2, 0.25) is 0 Å². The van der Waals surface area contributed by atoms with E-state index in [4.69, 9.17) is 0 Å². The molecule has 1 rings (SSSR count). The molecule has 1 aromatic rings. The third-order valence-corrected chi connectivity index (χ3v) is 1.90. The molecule has 1 heterocycles. The molecule has 0 aromatic carbocycles. The lowest BCUT2D eigenvalue weighted by atomic mass is 10.1. The van der Waals surface area contributed by atoms with Crippen molar-refractivity contribution < 1.29 is 0 Å². The lowest BCUT2D eigenvalue weighted by Crippen LogP contribution is -2.22. The smallest absolute Gasteiger partial charge is 0.0543 e. The van der Waals surface area contributed by atoms with E-state index in [0.717, 1.165) is 13.1 Å². The Kier molecular flexibility index (Phi) is 3.09. The second kappa shape index (κ2) is 3.92. The zero-order valence-electron chi connectivity index (χ0n) is 8.96. The molecule has 0 spiro atoms. The molecule has 0 aliphatic heterocycles. The van der Waals surface area contributed by atoms with Gasteiger partial charge in [-0.2, -0.15) is 5.10 Å². The van der Waals surface area contributed by atoms with Gasteiger partial charge < -0.3 is 5.32 Å². The fourth-order valence-electron chi connectivity index (χ4n) is 1.09. The van der Waals surface area contributed by atoms with E-state index in [-0.39, 0.29) is 5.54 Å². The molecule has 0 saturated heterocycles. The maximum Gasteiger partial charge on any atom is 0.0543 e. The summed E-state index contributed by atoms with van der Waals surface area (Å²) >= 11 is 0. The van der Waals surface area contributed by atoms with Gasteiger partial charge in [-0.3, -0.25) is 4.68 Å². The van der Waals surface area contributed by atoms with Crippen LogP contribution < -0.4 is 5.32 Å². The molecule has 3 heteroatoms. The van der Waals surface area contributed by atoms with Gasteiger partial charge in [0, 0.05) is 18.3 Å². The Morgan fingerprint density at radius 2 is 2.15 bits per heavy atom. The Labute approximate surface area is 80.1 Å². The van der Waals surface area contributed by atoms with Crippen molar-refractivity contribution in [3.63, 3.8) is 0 Å². The van der Waals surface area contributed by atoms with Gasteiger partial charge in [-0.1, -0.05) is 6.92 Å². The number of nitrogens with zero attached hydrogens (tertiary/aromatic N) is 2. The topological polar surface area (TPSA) is 29.9 Å². The predicted molar refractivity (Wildman–Crippen MR) is 54.6 cm³/mol. The summed E-state index contributed by atoms with van der Waals surface area (Å²) in [7, 11) is 0. The molecular weight excluding hydrogens is 162 g/mol. The summed E-state index contributed by atoms with van der Waals surface area (Å²) in [6, 6.07) is 0. The largest absolute Gasteiger partial charge is 0.313 e. The summed E-state index contributed by atoms with van der Waals surface area (Å²) in [6.07, 6.45) is 4.02. The maximum absolute atomic E-state index is 4.32. The van der Waals surface area contributed by atoms with Gasteiger partial charge in [-0.05, 0) is 27.3 Å². The van der Waals surface area contributed by atoms with Crippen molar-refractivity contribution in [1.82, 2.24) is 15.1 Å². The Hall–Kier alpha value is -0.830. The summed E-state index contributed by atoms with van der Waals surface area (Å²) in [6.45, 7) is 10.5. The summed E-state index contributed by atoms with van der Waals surface area (Å²) in [4.78, 5) is 0. The molecule has 0 aliphatic rings. The molecule has 0 radical (unpaired) electrons. The number of hydrogen-bond donors (Lipinski definition) is 1. The van der Waals surface area contributed by atoms with E-state index >= 15 is 0 Å².